The second-order valence-corrected chi connectivity index (χ2v) is 5.38. The van der Waals surface area contributed by atoms with Crippen LogP contribution < -0.4 is 10.5 Å². The third-order valence-electron chi connectivity index (χ3n) is 3.37. The van der Waals surface area contributed by atoms with E-state index in [1.165, 1.54) is 0 Å². The molecule has 3 N–H and O–H groups in total. The summed E-state index contributed by atoms with van der Waals surface area (Å²) in [5.74, 6) is 0.747. The van der Waals surface area contributed by atoms with Crippen LogP contribution in [0.3, 0.4) is 0 Å². The van der Waals surface area contributed by atoms with Crippen molar-refractivity contribution in [1.82, 2.24) is 0 Å². The number of nitrogen functional groups attached to an aromatic ring is 1. The number of amidine groups is 1. The smallest absolute Gasteiger partial charge is 0.130 e. The molecule has 0 aromatic heterocycles. The monoisotopic (exact) mass is 262 g/mol. The van der Waals surface area contributed by atoms with Gasteiger partial charge < -0.3 is 15.2 Å². The van der Waals surface area contributed by atoms with E-state index in [1.54, 1.807) is 0 Å². The normalized spacial score (nSPS) is 27.0. The average molecular weight is 262 g/mol. The van der Waals surface area contributed by atoms with E-state index in [0.717, 1.165) is 18.4 Å². The number of ether oxygens (including phenoxy) is 2. The Balaban J connectivity index is 2.16. The Kier molecular flexibility index (Phi) is 4.10. The maximum Gasteiger partial charge on any atom is 0.130 e. The Hall–Kier alpha value is -1.55. The second-order valence-electron chi connectivity index (χ2n) is 5.38. The van der Waals surface area contributed by atoms with Crippen LogP contribution in [0.15, 0.2) is 18.2 Å². The van der Waals surface area contributed by atoms with E-state index in [4.69, 9.17) is 20.6 Å². The maximum atomic E-state index is 7.64. The van der Waals surface area contributed by atoms with Crippen LogP contribution in [0.5, 0.6) is 5.75 Å². The summed E-state index contributed by atoms with van der Waals surface area (Å²) in [4.78, 5) is 0. The van der Waals surface area contributed by atoms with Crippen molar-refractivity contribution >= 4 is 5.84 Å². The molecule has 4 heteroatoms. The first kappa shape index (κ1) is 13.9. The van der Waals surface area contributed by atoms with E-state index < -0.39 is 0 Å². The molecule has 0 aliphatic carbocycles. The molecule has 2 atom stereocenters. The van der Waals surface area contributed by atoms with Gasteiger partial charge in [0.2, 0.25) is 0 Å². The summed E-state index contributed by atoms with van der Waals surface area (Å²) in [6.45, 7) is 6.11. The Morgan fingerprint density at radius 1 is 1.32 bits per heavy atom. The van der Waals surface area contributed by atoms with Crippen molar-refractivity contribution in [2.45, 2.75) is 51.9 Å². The lowest BCUT2D eigenvalue weighted by molar-refractivity contribution is -0.0721. The van der Waals surface area contributed by atoms with Crippen LogP contribution in [-0.4, -0.2) is 24.1 Å². The van der Waals surface area contributed by atoms with E-state index in [1.807, 2.05) is 25.1 Å². The second kappa shape index (κ2) is 5.61. The van der Waals surface area contributed by atoms with Gasteiger partial charge >= 0.3 is 0 Å². The molecule has 4 nitrogen and oxygen atoms in total. The van der Waals surface area contributed by atoms with Crippen LogP contribution in [-0.2, 0) is 4.74 Å². The lowest BCUT2D eigenvalue weighted by Crippen LogP contribution is -2.36. The van der Waals surface area contributed by atoms with Crippen LogP contribution in [0.25, 0.3) is 0 Å². The highest BCUT2D eigenvalue weighted by Crippen LogP contribution is 2.27. The lowest BCUT2D eigenvalue weighted by atomic mass is 10.0. The summed E-state index contributed by atoms with van der Waals surface area (Å²) in [7, 11) is 0. The molecule has 1 heterocycles. The first-order chi connectivity index (χ1) is 8.95. The molecule has 1 aromatic carbocycles. The number of nitrogens with two attached hydrogens (primary N) is 1. The number of hydrogen-bond acceptors (Lipinski definition) is 3. The number of hydrogen-bond donors (Lipinski definition) is 2. The van der Waals surface area contributed by atoms with Gasteiger partial charge in [-0.15, -0.1) is 0 Å². The quantitative estimate of drug-likeness (QED) is 0.650. The summed E-state index contributed by atoms with van der Waals surface area (Å²) in [5, 5.41) is 7.64. The minimum Gasteiger partial charge on any atom is -0.489 e. The lowest BCUT2D eigenvalue weighted by Gasteiger charge is -2.32. The van der Waals surface area contributed by atoms with Crippen LogP contribution >= 0.6 is 0 Å². The van der Waals surface area contributed by atoms with Crippen LogP contribution in [0, 0.1) is 12.3 Å². The molecule has 1 aromatic rings. The molecular weight excluding hydrogens is 240 g/mol. The minimum absolute atomic E-state index is 0.0480. The van der Waals surface area contributed by atoms with Gasteiger partial charge in [-0.3, -0.25) is 5.41 Å². The third kappa shape index (κ3) is 3.47. The van der Waals surface area contributed by atoms with Crippen molar-refractivity contribution < 1.29 is 9.47 Å². The van der Waals surface area contributed by atoms with Crippen molar-refractivity contribution in [1.29, 1.82) is 5.41 Å². The summed E-state index contributed by atoms with van der Waals surface area (Å²) in [6.07, 6.45) is 2.28. The summed E-state index contributed by atoms with van der Waals surface area (Å²) in [6, 6.07) is 5.77. The van der Waals surface area contributed by atoms with Crippen molar-refractivity contribution in [3.05, 3.63) is 29.3 Å². The molecule has 104 valence electrons. The number of nitrogens with one attached hydrogen (secondary N) is 1. The summed E-state index contributed by atoms with van der Waals surface area (Å²) < 4.78 is 11.7. The Morgan fingerprint density at radius 3 is 2.53 bits per heavy atom. The maximum absolute atomic E-state index is 7.64. The van der Waals surface area contributed by atoms with Gasteiger partial charge in [0.05, 0.1) is 17.8 Å². The SMILES string of the molecule is Cc1ccc(OC2CC(C)OC(C)C2)c(C(=N)N)c1. The highest BCUT2D eigenvalue weighted by molar-refractivity contribution is 5.97. The van der Waals surface area contributed by atoms with Gasteiger partial charge in [-0.1, -0.05) is 11.6 Å². The van der Waals surface area contributed by atoms with Crippen molar-refractivity contribution in [2.75, 3.05) is 0 Å². The highest BCUT2D eigenvalue weighted by atomic mass is 16.5. The largest absolute Gasteiger partial charge is 0.489 e. The Bertz CT molecular complexity index is 463. The minimum atomic E-state index is 0.0480. The molecular formula is C15H22N2O2. The fraction of sp³-hybridized carbons (Fsp3) is 0.533. The van der Waals surface area contributed by atoms with Gasteiger partial charge in [-0.2, -0.15) is 0 Å². The molecule has 0 amide bonds. The van der Waals surface area contributed by atoms with Crippen LogP contribution in [0.4, 0.5) is 0 Å². The summed E-state index contributed by atoms with van der Waals surface area (Å²) >= 11 is 0. The van der Waals surface area contributed by atoms with E-state index >= 15 is 0 Å². The van der Waals surface area contributed by atoms with Gasteiger partial charge in [0.1, 0.15) is 17.7 Å². The molecule has 2 rings (SSSR count). The fourth-order valence-corrected chi connectivity index (χ4v) is 2.58. The predicted molar refractivity (Wildman–Crippen MR) is 75.9 cm³/mol. The van der Waals surface area contributed by atoms with Crippen molar-refractivity contribution in [2.24, 2.45) is 5.73 Å². The molecule has 2 unspecified atom stereocenters. The van der Waals surface area contributed by atoms with Crippen LogP contribution in [0.2, 0.25) is 0 Å². The van der Waals surface area contributed by atoms with Gasteiger partial charge in [0.15, 0.2) is 0 Å². The molecule has 0 radical (unpaired) electrons. The zero-order chi connectivity index (χ0) is 14.0. The van der Waals surface area contributed by atoms with Gasteiger partial charge in [0.25, 0.3) is 0 Å². The third-order valence-corrected chi connectivity index (χ3v) is 3.37. The number of benzene rings is 1. The Labute approximate surface area is 114 Å². The number of aryl methyl sites for hydroxylation is 1. The van der Waals surface area contributed by atoms with E-state index in [9.17, 15) is 0 Å². The van der Waals surface area contributed by atoms with E-state index in [2.05, 4.69) is 13.8 Å². The molecule has 1 saturated heterocycles. The number of rotatable bonds is 3. The van der Waals surface area contributed by atoms with Crippen molar-refractivity contribution in [3.8, 4) is 5.75 Å². The summed E-state index contributed by atoms with van der Waals surface area (Å²) in [5.41, 5.74) is 7.37. The Morgan fingerprint density at radius 2 is 1.95 bits per heavy atom. The van der Waals surface area contributed by atoms with Gasteiger partial charge in [-0.25, -0.2) is 0 Å². The first-order valence-corrected chi connectivity index (χ1v) is 6.73. The van der Waals surface area contributed by atoms with E-state index in [-0.39, 0.29) is 24.1 Å². The standard InChI is InChI=1S/C15H22N2O2/c1-9-4-5-14(13(6-9)15(16)17)19-12-7-10(2)18-11(3)8-12/h4-6,10-12H,7-8H2,1-3H3,(H3,16,17). The topological polar surface area (TPSA) is 68.3 Å². The van der Waals surface area contributed by atoms with Gasteiger partial charge in [0, 0.05) is 12.8 Å². The molecule has 1 fully saturated rings. The molecule has 1 aliphatic heterocycles. The highest BCUT2D eigenvalue weighted by Gasteiger charge is 2.26. The van der Waals surface area contributed by atoms with Crippen molar-refractivity contribution in [3.63, 3.8) is 0 Å². The molecule has 0 bridgehead atoms. The zero-order valence-corrected chi connectivity index (χ0v) is 11.8. The molecule has 19 heavy (non-hydrogen) atoms. The average Bonchev–Trinajstić information content (AvgIpc) is 2.30. The molecule has 0 saturated carbocycles. The van der Waals surface area contributed by atoms with E-state index in [0.29, 0.717) is 11.3 Å². The zero-order valence-electron chi connectivity index (χ0n) is 11.8. The first-order valence-electron chi connectivity index (χ1n) is 6.73. The van der Waals surface area contributed by atoms with Gasteiger partial charge in [-0.05, 0) is 32.9 Å². The van der Waals surface area contributed by atoms with Crippen LogP contribution in [0.1, 0.15) is 37.8 Å². The fourth-order valence-electron chi connectivity index (χ4n) is 2.58. The molecule has 1 aliphatic rings. The predicted octanol–water partition coefficient (Wildman–Crippen LogP) is 2.61. The molecule has 0 spiro atoms.